The van der Waals surface area contributed by atoms with Crippen molar-refractivity contribution in [1.82, 2.24) is 10.0 Å². The van der Waals surface area contributed by atoms with Crippen LogP contribution in [0.2, 0.25) is 0 Å². The van der Waals surface area contributed by atoms with Gasteiger partial charge in [-0.3, -0.25) is 4.99 Å². The van der Waals surface area contributed by atoms with Crippen LogP contribution in [0.1, 0.15) is 33.6 Å². The first-order valence-corrected chi connectivity index (χ1v) is 10.5. The maximum Gasteiger partial charge on any atom is 0.408 e. The molecule has 0 radical (unpaired) electrons. The van der Waals surface area contributed by atoms with Crippen molar-refractivity contribution in [1.29, 1.82) is 0 Å². The van der Waals surface area contributed by atoms with E-state index in [0.29, 0.717) is 5.75 Å². The summed E-state index contributed by atoms with van der Waals surface area (Å²) in [7, 11) is -2.45. The van der Waals surface area contributed by atoms with Gasteiger partial charge in [-0.15, -0.1) is 0 Å². The second-order valence-corrected chi connectivity index (χ2v) is 8.91. The van der Waals surface area contributed by atoms with E-state index >= 15 is 0 Å². The first-order chi connectivity index (χ1) is 13.8. The molecule has 11 nitrogen and oxygen atoms in total. The van der Waals surface area contributed by atoms with Gasteiger partial charge in [-0.1, -0.05) is 0 Å². The van der Waals surface area contributed by atoms with Crippen molar-refractivity contribution in [3.63, 3.8) is 0 Å². The lowest BCUT2D eigenvalue weighted by atomic mass is 10.1. The highest BCUT2D eigenvalue weighted by Gasteiger charge is 2.23. The normalized spacial score (nSPS) is 13.3. The van der Waals surface area contributed by atoms with Gasteiger partial charge in [0.2, 0.25) is 5.96 Å². The molecule has 12 heteroatoms. The van der Waals surface area contributed by atoms with Crippen LogP contribution in [0.15, 0.2) is 34.2 Å². The minimum Gasteiger partial charge on any atom is -0.497 e. The Bertz CT molecular complexity index is 862. The van der Waals surface area contributed by atoms with Gasteiger partial charge in [-0.2, -0.15) is 0 Å². The molecular weight excluding hydrogens is 416 g/mol. The molecule has 168 valence electrons. The number of guanidine groups is 1. The summed E-state index contributed by atoms with van der Waals surface area (Å²) in [5.74, 6) is -1.06. The van der Waals surface area contributed by atoms with Crippen LogP contribution in [-0.2, 0) is 19.6 Å². The van der Waals surface area contributed by atoms with Crippen LogP contribution in [0.25, 0.3) is 0 Å². The van der Waals surface area contributed by atoms with Crippen molar-refractivity contribution in [2.75, 3.05) is 13.7 Å². The number of aliphatic imine (C=N–C) groups is 1. The summed E-state index contributed by atoms with van der Waals surface area (Å²) in [6, 6.07) is 4.52. The van der Waals surface area contributed by atoms with Gasteiger partial charge in [0.25, 0.3) is 10.0 Å². The van der Waals surface area contributed by atoms with E-state index in [1.807, 2.05) is 0 Å². The highest BCUT2D eigenvalue weighted by atomic mass is 32.2. The molecule has 1 amide bonds. The van der Waals surface area contributed by atoms with Gasteiger partial charge in [0.1, 0.15) is 17.4 Å². The molecule has 0 unspecified atom stereocenters. The molecular formula is C18H28N4O7S. The summed E-state index contributed by atoms with van der Waals surface area (Å²) < 4.78 is 36.6. The van der Waals surface area contributed by atoms with Crippen molar-refractivity contribution in [3.8, 4) is 5.75 Å². The van der Waals surface area contributed by atoms with Crippen molar-refractivity contribution in [3.05, 3.63) is 24.3 Å². The van der Waals surface area contributed by atoms with Gasteiger partial charge in [-0.25, -0.2) is 22.7 Å². The van der Waals surface area contributed by atoms with Gasteiger partial charge in [-0.05, 0) is 57.9 Å². The van der Waals surface area contributed by atoms with Crippen molar-refractivity contribution in [2.45, 2.75) is 50.2 Å². The third-order valence-corrected chi connectivity index (χ3v) is 4.90. The van der Waals surface area contributed by atoms with Crippen molar-refractivity contribution < 1.29 is 32.6 Å². The molecule has 1 rings (SSSR count). The maximum absolute atomic E-state index is 12.3. The topological polar surface area (TPSA) is 169 Å². The molecule has 1 aromatic rings. The van der Waals surface area contributed by atoms with Gasteiger partial charge in [0.05, 0.1) is 12.0 Å². The Morgan fingerprint density at radius 1 is 1.23 bits per heavy atom. The zero-order valence-corrected chi connectivity index (χ0v) is 18.2. The Hall–Kier alpha value is -3.02. The average Bonchev–Trinajstić information content (AvgIpc) is 2.62. The average molecular weight is 445 g/mol. The number of aliphatic carboxylic acids is 1. The number of nitrogens with one attached hydrogen (secondary N) is 2. The van der Waals surface area contributed by atoms with Crippen LogP contribution in [0.3, 0.4) is 0 Å². The quantitative estimate of drug-likeness (QED) is 0.249. The molecule has 0 spiro atoms. The fourth-order valence-corrected chi connectivity index (χ4v) is 3.14. The number of carboxylic acid groups (broad SMARTS) is 1. The van der Waals surface area contributed by atoms with Crippen molar-refractivity contribution >= 4 is 28.0 Å². The number of carbonyl (C=O) groups excluding carboxylic acids is 1. The molecule has 0 saturated heterocycles. The first-order valence-electron chi connectivity index (χ1n) is 9.03. The first kappa shape index (κ1) is 25.0. The minimum atomic E-state index is -3.91. The highest BCUT2D eigenvalue weighted by molar-refractivity contribution is 7.90. The summed E-state index contributed by atoms with van der Waals surface area (Å²) in [6.45, 7) is 5.03. The molecule has 0 saturated carbocycles. The molecule has 5 N–H and O–H groups in total. The summed E-state index contributed by atoms with van der Waals surface area (Å²) in [6.07, 6.45) is -0.556. The number of carbonyl (C=O) groups is 2. The van der Waals surface area contributed by atoms with Crippen LogP contribution in [-0.4, -0.2) is 56.8 Å². The molecule has 1 aromatic carbocycles. The minimum absolute atomic E-state index is 0.0195. The van der Waals surface area contributed by atoms with Gasteiger partial charge in [0.15, 0.2) is 0 Å². The third kappa shape index (κ3) is 8.99. The van der Waals surface area contributed by atoms with E-state index in [2.05, 4.69) is 15.0 Å². The van der Waals surface area contributed by atoms with Crippen LogP contribution >= 0.6 is 0 Å². The monoisotopic (exact) mass is 444 g/mol. The van der Waals surface area contributed by atoms with E-state index in [1.165, 1.54) is 31.4 Å². The fourth-order valence-electron chi connectivity index (χ4n) is 2.19. The van der Waals surface area contributed by atoms with E-state index in [0.717, 1.165) is 0 Å². The Balaban J connectivity index is 2.58. The van der Waals surface area contributed by atoms with E-state index in [1.54, 1.807) is 20.8 Å². The van der Waals surface area contributed by atoms with Crippen LogP contribution in [0.5, 0.6) is 5.75 Å². The lowest BCUT2D eigenvalue weighted by Crippen LogP contribution is -2.43. The number of carboxylic acids is 1. The highest BCUT2D eigenvalue weighted by Crippen LogP contribution is 2.15. The van der Waals surface area contributed by atoms with Crippen LogP contribution < -0.4 is 20.5 Å². The molecule has 1 atom stereocenters. The Morgan fingerprint density at radius 2 is 1.83 bits per heavy atom. The zero-order valence-electron chi connectivity index (χ0n) is 17.3. The number of nitrogens with zero attached hydrogens (tertiary/aromatic N) is 1. The summed E-state index contributed by atoms with van der Waals surface area (Å²) >= 11 is 0. The largest absolute Gasteiger partial charge is 0.497 e. The number of methoxy groups -OCH3 is 1. The number of nitrogens with two attached hydrogens (primary N) is 1. The van der Waals surface area contributed by atoms with Crippen molar-refractivity contribution in [2.24, 2.45) is 10.7 Å². The Kier molecular flexibility index (Phi) is 8.90. The van der Waals surface area contributed by atoms with E-state index in [9.17, 15) is 23.1 Å². The number of rotatable bonds is 9. The lowest BCUT2D eigenvalue weighted by Gasteiger charge is -2.21. The second-order valence-electron chi connectivity index (χ2n) is 7.23. The molecule has 0 aliphatic rings. The smallest absolute Gasteiger partial charge is 0.408 e. The second kappa shape index (κ2) is 10.7. The lowest BCUT2D eigenvalue weighted by molar-refractivity contribution is -0.139. The van der Waals surface area contributed by atoms with E-state index in [4.69, 9.17) is 15.2 Å². The summed E-state index contributed by atoms with van der Waals surface area (Å²) in [5, 5.41) is 11.5. The fraction of sp³-hybridized carbons (Fsp3) is 0.500. The molecule has 0 fully saturated rings. The van der Waals surface area contributed by atoms with Gasteiger partial charge >= 0.3 is 12.1 Å². The SMILES string of the molecule is COc1ccc(S(=O)(=O)NC(N)=NCCC[C@H](NC(=O)OC(C)(C)C)C(=O)O)cc1. The number of benzene rings is 1. The molecule has 0 heterocycles. The van der Waals surface area contributed by atoms with Crippen LogP contribution in [0.4, 0.5) is 4.79 Å². The van der Waals surface area contributed by atoms with Crippen LogP contribution in [0, 0.1) is 0 Å². The molecule has 0 aliphatic heterocycles. The maximum atomic E-state index is 12.3. The third-order valence-electron chi connectivity index (χ3n) is 3.53. The Morgan fingerprint density at radius 3 is 2.33 bits per heavy atom. The van der Waals surface area contributed by atoms with E-state index in [-0.39, 0.29) is 30.2 Å². The standard InChI is InChI=1S/C18H28N4O7S/c1-18(2,3)29-17(25)21-14(15(23)24)6-5-11-20-16(19)22-30(26,27)13-9-7-12(28-4)8-10-13/h7-10,14H,5-6,11H2,1-4H3,(H,21,25)(H,23,24)(H3,19,20,22)/t14-/m0/s1. The molecule has 30 heavy (non-hydrogen) atoms. The summed E-state index contributed by atoms with van der Waals surface area (Å²) in [4.78, 5) is 26.9. The molecule has 0 aromatic heterocycles. The van der Waals surface area contributed by atoms with Gasteiger partial charge < -0.3 is 25.6 Å². The predicted octanol–water partition coefficient (Wildman–Crippen LogP) is 1.05. The number of amides is 1. The number of sulfonamides is 1. The zero-order chi connectivity index (χ0) is 22.9. The molecule has 0 aliphatic carbocycles. The predicted molar refractivity (Wildman–Crippen MR) is 110 cm³/mol. The number of hydrogen-bond donors (Lipinski definition) is 4. The Labute approximate surface area is 175 Å². The molecule has 0 bridgehead atoms. The number of alkyl carbamates (subject to hydrolysis) is 1. The number of ether oxygens (including phenoxy) is 2. The van der Waals surface area contributed by atoms with Gasteiger partial charge in [0, 0.05) is 6.54 Å². The van der Waals surface area contributed by atoms with E-state index < -0.39 is 33.7 Å². The summed E-state index contributed by atoms with van der Waals surface area (Å²) in [5.41, 5.74) is 4.85. The number of hydrogen-bond acceptors (Lipinski definition) is 7.